The van der Waals surface area contributed by atoms with E-state index >= 15 is 0 Å². The van der Waals surface area contributed by atoms with Gasteiger partial charge >= 0.3 is 0 Å². The van der Waals surface area contributed by atoms with Crippen molar-refractivity contribution in [1.29, 1.82) is 0 Å². The first kappa shape index (κ1) is 19.6. The van der Waals surface area contributed by atoms with Gasteiger partial charge in [0.15, 0.2) is 11.2 Å². The van der Waals surface area contributed by atoms with Crippen LogP contribution in [0.4, 0.5) is 11.6 Å². The molecule has 0 bridgehead atoms. The summed E-state index contributed by atoms with van der Waals surface area (Å²) in [5.41, 5.74) is 3.34. The predicted octanol–water partition coefficient (Wildman–Crippen LogP) is 4.58. The van der Waals surface area contributed by atoms with Crippen molar-refractivity contribution in [3.05, 3.63) is 112 Å². The molecule has 0 atom stereocenters. The second-order valence-corrected chi connectivity index (χ2v) is 7.34. The number of nitrogens with zero attached hydrogens (tertiary/aromatic N) is 2. The fraction of sp³-hybridized carbons (Fsp3) is 0.0800. The van der Waals surface area contributed by atoms with E-state index in [4.69, 9.17) is 9.72 Å². The molecular weight excluding hydrogens is 402 g/mol. The molecule has 0 aliphatic rings. The zero-order chi connectivity index (χ0) is 21.9. The number of hydrogen-bond acceptors (Lipinski definition) is 5. The van der Waals surface area contributed by atoms with E-state index in [1.165, 1.54) is 0 Å². The second kappa shape index (κ2) is 8.39. The lowest BCUT2D eigenvalue weighted by Crippen LogP contribution is -2.11. The van der Waals surface area contributed by atoms with Gasteiger partial charge in [-0.2, -0.15) is 4.98 Å². The molecule has 0 saturated heterocycles. The molecule has 32 heavy (non-hydrogen) atoms. The van der Waals surface area contributed by atoms with Gasteiger partial charge in [-0.05, 0) is 35.4 Å². The number of hydrogen-bond donors (Lipinski definition) is 3. The Kier molecular flexibility index (Phi) is 5.13. The number of fused-ring (bicyclic) bond motifs is 1. The van der Waals surface area contributed by atoms with Crippen LogP contribution in [0.15, 0.2) is 89.7 Å². The molecule has 3 aromatic carbocycles. The third-order valence-corrected chi connectivity index (χ3v) is 5.27. The fourth-order valence-corrected chi connectivity index (χ4v) is 3.73. The normalized spacial score (nSPS) is 11.1. The maximum atomic E-state index is 12.8. The third-order valence-electron chi connectivity index (χ3n) is 5.27. The molecule has 0 aliphatic heterocycles. The Bertz CT molecular complexity index is 1350. The molecular formula is C25H21N5O2. The van der Waals surface area contributed by atoms with E-state index in [-0.39, 0.29) is 11.5 Å². The number of rotatable bonds is 6. The van der Waals surface area contributed by atoms with Crippen molar-refractivity contribution in [2.75, 3.05) is 12.4 Å². The fourth-order valence-electron chi connectivity index (χ4n) is 3.73. The highest BCUT2D eigenvalue weighted by atomic mass is 16.5. The highest BCUT2D eigenvalue weighted by Gasteiger charge is 2.21. The summed E-state index contributed by atoms with van der Waals surface area (Å²) in [7, 11) is 1.61. The number of ether oxygens (including phenoxy) is 1. The monoisotopic (exact) mass is 423 g/mol. The minimum atomic E-state index is -0.287. The van der Waals surface area contributed by atoms with Gasteiger partial charge < -0.3 is 15.0 Å². The molecule has 3 N–H and O–H groups in total. The van der Waals surface area contributed by atoms with E-state index in [0.29, 0.717) is 22.9 Å². The molecule has 7 heteroatoms. The molecule has 5 aromatic rings. The van der Waals surface area contributed by atoms with Crippen LogP contribution in [0, 0.1) is 0 Å². The molecule has 7 nitrogen and oxygen atoms in total. The summed E-state index contributed by atoms with van der Waals surface area (Å²) < 4.78 is 5.18. The van der Waals surface area contributed by atoms with E-state index in [1.807, 2.05) is 60.7 Å². The van der Waals surface area contributed by atoms with Crippen LogP contribution in [-0.2, 0) is 0 Å². The smallest absolute Gasteiger partial charge is 0.278 e. The Morgan fingerprint density at radius 1 is 0.812 bits per heavy atom. The Balaban J connectivity index is 1.55. The second-order valence-electron chi connectivity index (χ2n) is 7.34. The Morgan fingerprint density at radius 3 is 2.03 bits per heavy atom. The molecule has 2 heterocycles. The van der Waals surface area contributed by atoms with Crippen LogP contribution < -0.4 is 15.6 Å². The van der Waals surface area contributed by atoms with Gasteiger partial charge in [0.1, 0.15) is 11.6 Å². The van der Waals surface area contributed by atoms with Gasteiger partial charge in [0, 0.05) is 5.69 Å². The van der Waals surface area contributed by atoms with E-state index in [9.17, 15) is 4.79 Å². The zero-order valence-electron chi connectivity index (χ0n) is 17.4. The van der Waals surface area contributed by atoms with Crippen molar-refractivity contribution < 1.29 is 4.74 Å². The number of benzene rings is 3. The largest absolute Gasteiger partial charge is 0.497 e. The van der Waals surface area contributed by atoms with Crippen molar-refractivity contribution >= 4 is 22.8 Å². The summed E-state index contributed by atoms with van der Waals surface area (Å²) in [6.07, 6.45) is 0. The number of aromatic amines is 2. The first-order valence-corrected chi connectivity index (χ1v) is 10.2. The number of methoxy groups -OCH3 is 1. The SMILES string of the molecule is COc1ccc(Nc2nc3nc(C(c4ccccc4)c4ccccc4)[nH]c3c(=O)[nH]2)cc1. The van der Waals surface area contributed by atoms with E-state index < -0.39 is 0 Å². The van der Waals surface area contributed by atoms with Crippen molar-refractivity contribution in [3.8, 4) is 5.75 Å². The Labute approximate surface area is 184 Å². The molecule has 5 rings (SSSR count). The average molecular weight is 423 g/mol. The van der Waals surface area contributed by atoms with Crippen LogP contribution in [0.2, 0.25) is 0 Å². The first-order chi connectivity index (χ1) is 15.7. The van der Waals surface area contributed by atoms with Gasteiger partial charge in [0.05, 0.1) is 13.0 Å². The van der Waals surface area contributed by atoms with Crippen LogP contribution in [0.25, 0.3) is 11.2 Å². The van der Waals surface area contributed by atoms with Crippen LogP contribution in [-0.4, -0.2) is 27.0 Å². The highest BCUT2D eigenvalue weighted by molar-refractivity contribution is 5.72. The van der Waals surface area contributed by atoms with E-state index in [2.05, 4.69) is 44.5 Å². The summed E-state index contributed by atoms with van der Waals surface area (Å²) in [6.45, 7) is 0. The molecule has 0 radical (unpaired) electrons. The van der Waals surface area contributed by atoms with Crippen molar-refractivity contribution in [3.63, 3.8) is 0 Å². The Morgan fingerprint density at radius 2 is 1.44 bits per heavy atom. The van der Waals surface area contributed by atoms with Crippen molar-refractivity contribution in [1.82, 2.24) is 19.9 Å². The van der Waals surface area contributed by atoms with Gasteiger partial charge in [0.2, 0.25) is 5.95 Å². The first-order valence-electron chi connectivity index (χ1n) is 10.2. The minimum absolute atomic E-state index is 0.149. The topological polar surface area (TPSA) is 95.7 Å². The lowest BCUT2D eigenvalue weighted by atomic mass is 9.91. The molecule has 2 aromatic heterocycles. The van der Waals surface area contributed by atoms with E-state index in [0.717, 1.165) is 22.6 Å². The third kappa shape index (κ3) is 3.83. The molecule has 0 spiro atoms. The molecule has 0 unspecified atom stereocenters. The van der Waals surface area contributed by atoms with Gasteiger partial charge in [-0.1, -0.05) is 60.7 Å². The molecule has 0 saturated carbocycles. The number of H-pyrrole nitrogens is 2. The summed E-state index contributed by atoms with van der Waals surface area (Å²) in [5.74, 6) is 1.58. The molecule has 0 amide bonds. The number of anilines is 2. The number of nitrogens with one attached hydrogen (secondary N) is 3. The Hall–Kier alpha value is -4.39. The lowest BCUT2D eigenvalue weighted by Gasteiger charge is -2.15. The van der Waals surface area contributed by atoms with Crippen LogP contribution in [0.1, 0.15) is 22.9 Å². The number of aromatic nitrogens is 4. The molecule has 158 valence electrons. The van der Waals surface area contributed by atoms with E-state index in [1.54, 1.807) is 7.11 Å². The highest BCUT2D eigenvalue weighted by Crippen LogP contribution is 2.30. The maximum Gasteiger partial charge on any atom is 0.278 e. The average Bonchev–Trinajstić information content (AvgIpc) is 3.25. The molecule has 0 fully saturated rings. The predicted molar refractivity (Wildman–Crippen MR) is 125 cm³/mol. The maximum absolute atomic E-state index is 12.8. The summed E-state index contributed by atoms with van der Waals surface area (Å²) in [5, 5.41) is 3.11. The quantitative estimate of drug-likeness (QED) is 0.372. The van der Waals surface area contributed by atoms with Crippen LogP contribution in [0.3, 0.4) is 0 Å². The van der Waals surface area contributed by atoms with Gasteiger partial charge in [-0.15, -0.1) is 0 Å². The van der Waals surface area contributed by atoms with Crippen molar-refractivity contribution in [2.24, 2.45) is 0 Å². The lowest BCUT2D eigenvalue weighted by molar-refractivity contribution is 0.415. The van der Waals surface area contributed by atoms with Crippen LogP contribution >= 0.6 is 0 Å². The standard InChI is InChI=1S/C25H21N5O2/c1-32-19-14-12-18(13-15-19)26-25-29-23-21(24(31)30-25)27-22(28-23)20(16-8-4-2-5-9-16)17-10-6-3-7-11-17/h2-15,20H,1H3,(H3,26,27,28,29,30,31). The molecule has 0 aliphatic carbocycles. The van der Waals surface area contributed by atoms with Crippen molar-refractivity contribution in [2.45, 2.75) is 5.92 Å². The van der Waals surface area contributed by atoms with Crippen LogP contribution in [0.5, 0.6) is 5.75 Å². The summed E-state index contributed by atoms with van der Waals surface area (Å²) >= 11 is 0. The van der Waals surface area contributed by atoms with Gasteiger partial charge in [-0.3, -0.25) is 9.78 Å². The minimum Gasteiger partial charge on any atom is -0.497 e. The zero-order valence-corrected chi connectivity index (χ0v) is 17.4. The summed E-state index contributed by atoms with van der Waals surface area (Å²) in [4.78, 5) is 28.0. The van der Waals surface area contributed by atoms with Gasteiger partial charge in [0.25, 0.3) is 5.56 Å². The summed E-state index contributed by atoms with van der Waals surface area (Å²) in [6, 6.07) is 27.5. The van der Waals surface area contributed by atoms with Gasteiger partial charge in [-0.25, -0.2) is 4.98 Å². The number of imidazole rings is 1.